The number of aryl methyl sites for hydroxylation is 2. The lowest BCUT2D eigenvalue weighted by atomic mass is 9.97. The normalized spacial score (nSPS) is 13.8. The fourth-order valence-electron chi connectivity index (χ4n) is 3.19. The van der Waals surface area contributed by atoms with Gasteiger partial charge in [0, 0.05) is 11.0 Å². The SMILES string of the molecule is O=C(/C=C/c1ccccc1)OCc1nc2sc3c(c2c(=O)[nH]1)CCCC3. The van der Waals surface area contributed by atoms with Gasteiger partial charge in [-0.1, -0.05) is 30.3 Å². The highest BCUT2D eigenvalue weighted by Crippen LogP contribution is 2.33. The Morgan fingerprint density at radius 1 is 1.23 bits per heavy atom. The first-order chi connectivity index (χ1) is 12.7. The minimum absolute atomic E-state index is 0.0499. The van der Waals surface area contributed by atoms with Crippen molar-refractivity contribution < 1.29 is 9.53 Å². The lowest BCUT2D eigenvalue weighted by Crippen LogP contribution is -2.14. The minimum atomic E-state index is -0.470. The van der Waals surface area contributed by atoms with Crippen LogP contribution in [0.3, 0.4) is 0 Å². The van der Waals surface area contributed by atoms with Crippen LogP contribution in [0.2, 0.25) is 0 Å². The molecule has 6 heteroatoms. The first-order valence-electron chi connectivity index (χ1n) is 8.64. The van der Waals surface area contributed by atoms with Crippen LogP contribution < -0.4 is 5.56 Å². The molecule has 2 aromatic heterocycles. The summed E-state index contributed by atoms with van der Waals surface area (Å²) < 4.78 is 5.20. The summed E-state index contributed by atoms with van der Waals surface area (Å²) in [6.45, 7) is -0.0499. The van der Waals surface area contributed by atoms with E-state index in [0.29, 0.717) is 11.2 Å². The third kappa shape index (κ3) is 3.46. The summed E-state index contributed by atoms with van der Waals surface area (Å²) in [5.41, 5.74) is 1.93. The molecule has 1 aliphatic rings. The van der Waals surface area contributed by atoms with Gasteiger partial charge in [0.15, 0.2) is 0 Å². The first-order valence-corrected chi connectivity index (χ1v) is 9.46. The second-order valence-corrected chi connectivity index (χ2v) is 7.34. The summed E-state index contributed by atoms with van der Waals surface area (Å²) in [6, 6.07) is 9.51. The van der Waals surface area contributed by atoms with Gasteiger partial charge < -0.3 is 9.72 Å². The molecule has 0 unspecified atom stereocenters. The zero-order valence-corrected chi connectivity index (χ0v) is 15.0. The molecule has 132 valence electrons. The number of fused-ring (bicyclic) bond motifs is 3. The fraction of sp³-hybridized carbons (Fsp3) is 0.250. The summed E-state index contributed by atoms with van der Waals surface area (Å²) in [6.07, 6.45) is 7.30. The highest BCUT2D eigenvalue weighted by molar-refractivity contribution is 7.18. The van der Waals surface area contributed by atoms with Gasteiger partial charge in [0.05, 0.1) is 5.39 Å². The number of hydrogen-bond acceptors (Lipinski definition) is 5. The van der Waals surface area contributed by atoms with Gasteiger partial charge in [-0.05, 0) is 42.9 Å². The highest BCUT2D eigenvalue weighted by Gasteiger charge is 2.19. The third-order valence-electron chi connectivity index (χ3n) is 4.44. The minimum Gasteiger partial charge on any atom is -0.454 e. The van der Waals surface area contributed by atoms with E-state index in [0.717, 1.165) is 41.6 Å². The molecule has 0 amide bonds. The van der Waals surface area contributed by atoms with Crippen molar-refractivity contribution >= 4 is 33.6 Å². The molecular weight excluding hydrogens is 348 g/mol. The first kappa shape index (κ1) is 16.7. The number of carbonyl (C=O) groups excluding carboxylic acids is 1. The molecule has 26 heavy (non-hydrogen) atoms. The molecule has 1 aromatic carbocycles. The van der Waals surface area contributed by atoms with Crippen molar-refractivity contribution in [3.8, 4) is 0 Å². The number of rotatable bonds is 4. The van der Waals surface area contributed by atoms with Gasteiger partial charge in [-0.15, -0.1) is 11.3 Å². The van der Waals surface area contributed by atoms with E-state index in [1.807, 2.05) is 30.3 Å². The number of nitrogens with one attached hydrogen (secondary N) is 1. The molecule has 4 rings (SSSR count). The van der Waals surface area contributed by atoms with E-state index in [9.17, 15) is 9.59 Å². The van der Waals surface area contributed by atoms with Crippen molar-refractivity contribution in [1.82, 2.24) is 9.97 Å². The van der Waals surface area contributed by atoms with Crippen LogP contribution in [0.4, 0.5) is 0 Å². The summed E-state index contributed by atoms with van der Waals surface area (Å²) in [7, 11) is 0. The topological polar surface area (TPSA) is 72.0 Å². The Morgan fingerprint density at radius 3 is 2.88 bits per heavy atom. The zero-order valence-electron chi connectivity index (χ0n) is 14.2. The van der Waals surface area contributed by atoms with Gasteiger partial charge in [-0.3, -0.25) is 4.79 Å². The highest BCUT2D eigenvalue weighted by atomic mass is 32.1. The van der Waals surface area contributed by atoms with Crippen LogP contribution in [0.25, 0.3) is 16.3 Å². The van der Waals surface area contributed by atoms with Crippen LogP contribution in [0.15, 0.2) is 41.2 Å². The van der Waals surface area contributed by atoms with E-state index >= 15 is 0 Å². The Balaban J connectivity index is 1.48. The van der Waals surface area contributed by atoms with Crippen LogP contribution in [-0.2, 0) is 29.0 Å². The summed E-state index contributed by atoms with van der Waals surface area (Å²) in [4.78, 5) is 33.6. The van der Waals surface area contributed by atoms with Gasteiger partial charge in [0.1, 0.15) is 17.3 Å². The Hall–Kier alpha value is -2.73. The number of benzene rings is 1. The number of hydrogen-bond donors (Lipinski definition) is 1. The van der Waals surface area contributed by atoms with Crippen molar-refractivity contribution in [3.63, 3.8) is 0 Å². The van der Waals surface area contributed by atoms with Gasteiger partial charge in [-0.2, -0.15) is 0 Å². The van der Waals surface area contributed by atoms with E-state index in [4.69, 9.17) is 4.74 Å². The molecule has 2 heterocycles. The number of carbonyl (C=O) groups is 1. The molecule has 0 saturated heterocycles. The number of H-pyrrole nitrogens is 1. The summed E-state index contributed by atoms with van der Waals surface area (Å²) in [5, 5.41) is 0.712. The maximum Gasteiger partial charge on any atom is 0.331 e. The number of thiophene rings is 1. The number of ether oxygens (including phenoxy) is 1. The largest absolute Gasteiger partial charge is 0.454 e. The Labute approximate surface area is 154 Å². The van der Waals surface area contributed by atoms with E-state index in [2.05, 4.69) is 9.97 Å². The lowest BCUT2D eigenvalue weighted by Gasteiger charge is -2.09. The molecule has 1 aliphatic carbocycles. The lowest BCUT2D eigenvalue weighted by molar-refractivity contribution is -0.139. The molecule has 0 bridgehead atoms. The van der Waals surface area contributed by atoms with Crippen molar-refractivity contribution in [1.29, 1.82) is 0 Å². The van der Waals surface area contributed by atoms with Crippen LogP contribution in [0.5, 0.6) is 0 Å². The smallest absolute Gasteiger partial charge is 0.331 e. The molecule has 0 spiro atoms. The van der Waals surface area contributed by atoms with Crippen molar-refractivity contribution in [2.24, 2.45) is 0 Å². The summed E-state index contributed by atoms with van der Waals surface area (Å²) in [5.74, 6) is -0.0929. The van der Waals surface area contributed by atoms with E-state index in [1.165, 1.54) is 11.0 Å². The Morgan fingerprint density at radius 2 is 2.04 bits per heavy atom. The molecule has 1 N–H and O–H groups in total. The van der Waals surface area contributed by atoms with Gasteiger partial charge in [0.2, 0.25) is 0 Å². The molecule has 3 aromatic rings. The summed E-state index contributed by atoms with van der Waals surface area (Å²) >= 11 is 1.58. The number of aromatic amines is 1. The average molecular weight is 366 g/mol. The third-order valence-corrected chi connectivity index (χ3v) is 5.62. The molecule has 0 saturated carbocycles. The van der Waals surface area contributed by atoms with E-state index in [-0.39, 0.29) is 12.2 Å². The predicted molar refractivity (Wildman–Crippen MR) is 102 cm³/mol. The maximum atomic E-state index is 12.4. The standard InChI is InChI=1S/C20H18N2O3S/c23-17(11-10-13-6-2-1-3-7-13)25-12-16-21-19(24)18-14-8-4-5-9-15(14)26-20(18)22-16/h1-3,6-7,10-11H,4-5,8-9,12H2,(H,21,22,24)/b11-10+. The van der Waals surface area contributed by atoms with Gasteiger partial charge in [0.25, 0.3) is 5.56 Å². The second-order valence-electron chi connectivity index (χ2n) is 6.26. The monoisotopic (exact) mass is 366 g/mol. The Bertz CT molecular complexity index is 1030. The number of aromatic nitrogens is 2. The fourth-order valence-corrected chi connectivity index (χ4v) is 4.47. The van der Waals surface area contributed by atoms with Crippen molar-refractivity contribution in [2.45, 2.75) is 32.3 Å². The molecule has 0 fully saturated rings. The van der Waals surface area contributed by atoms with Crippen LogP contribution in [0, 0.1) is 0 Å². The molecule has 5 nitrogen and oxygen atoms in total. The predicted octanol–water partition coefficient (Wildman–Crippen LogP) is 3.62. The number of nitrogens with zero attached hydrogens (tertiary/aromatic N) is 1. The van der Waals surface area contributed by atoms with Crippen LogP contribution in [0.1, 0.15) is 34.7 Å². The van der Waals surface area contributed by atoms with E-state index in [1.54, 1.807) is 17.4 Å². The van der Waals surface area contributed by atoms with E-state index < -0.39 is 5.97 Å². The Kier molecular flexibility index (Phi) is 4.67. The average Bonchev–Trinajstić information content (AvgIpc) is 3.04. The molecular formula is C20H18N2O3S. The second kappa shape index (κ2) is 7.25. The molecule has 0 aliphatic heterocycles. The van der Waals surface area contributed by atoms with Gasteiger partial charge in [-0.25, -0.2) is 9.78 Å². The number of esters is 1. The molecule has 0 atom stereocenters. The maximum absolute atomic E-state index is 12.4. The van der Waals surface area contributed by atoms with Crippen molar-refractivity contribution in [3.05, 3.63) is 68.6 Å². The quantitative estimate of drug-likeness (QED) is 0.565. The van der Waals surface area contributed by atoms with Crippen molar-refractivity contribution in [2.75, 3.05) is 0 Å². The zero-order chi connectivity index (χ0) is 17.9. The van der Waals surface area contributed by atoms with Crippen LogP contribution in [-0.4, -0.2) is 15.9 Å². The molecule has 0 radical (unpaired) electrons. The van der Waals surface area contributed by atoms with Gasteiger partial charge >= 0.3 is 5.97 Å². The van der Waals surface area contributed by atoms with Crippen LogP contribution >= 0.6 is 11.3 Å².